The van der Waals surface area contributed by atoms with Gasteiger partial charge in [-0.1, -0.05) is 25.5 Å². The fourth-order valence-corrected chi connectivity index (χ4v) is 4.49. The van der Waals surface area contributed by atoms with Crippen molar-refractivity contribution in [3.63, 3.8) is 0 Å². The standard InChI is InChI=1S/C18H25NO5S/c1-3-4-13-24-18(21)17-7-5-6-12-19(17)25(22,23)16-10-8-15(9-11-16)14(2)20/h8-11,17H,3-7,12-13H2,1-2H3. The highest BCUT2D eigenvalue weighted by molar-refractivity contribution is 7.89. The molecule has 0 N–H and O–H groups in total. The average Bonchev–Trinajstić information content (AvgIpc) is 2.62. The number of nitrogens with zero attached hydrogens (tertiary/aromatic N) is 1. The molecule has 1 fully saturated rings. The summed E-state index contributed by atoms with van der Waals surface area (Å²) in [5.74, 6) is -0.601. The Bertz CT molecular complexity index is 711. The smallest absolute Gasteiger partial charge is 0.324 e. The number of sulfonamides is 1. The molecule has 6 nitrogen and oxygen atoms in total. The van der Waals surface area contributed by atoms with Crippen molar-refractivity contribution in [1.29, 1.82) is 0 Å². The molecule has 1 aromatic rings. The topological polar surface area (TPSA) is 80.8 Å². The number of carbonyl (C=O) groups excluding carboxylic acids is 2. The van der Waals surface area contributed by atoms with E-state index in [1.54, 1.807) is 0 Å². The number of hydrogen-bond acceptors (Lipinski definition) is 5. The molecule has 0 saturated carbocycles. The van der Waals surface area contributed by atoms with Crippen molar-refractivity contribution in [2.24, 2.45) is 0 Å². The van der Waals surface area contributed by atoms with Gasteiger partial charge in [-0.2, -0.15) is 4.31 Å². The first-order chi connectivity index (χ1) is 11.9. The Morgan fingerprint density at radius 3 is 2.48 bits per heavy atom. The third-order valence-electron chi connectivity index (χ3n) is 4.34. The van der Waals surface area contributed by atoms with Gasteiger partial charge in [0.15, 0.2) is 5.78 Å². The van der Waals surface area contributed by atoms with Crippen molar-refractivity contribution >= 4 is 21.8 Å². The largest absolute Gasteiger partial charge is 0.464 e. The lowest BCUT2D eigenvalue weighted by atomic mass is 10.1. The van der Waals surface area contributed by atoms with Gasteiger partial charge in [-0.15, -0.1) is 0 Å². The van der Waals surface area contributed by atoms with Crippen LogP contribution < -0.4 is 0 Å². The van der Waals surface area contributed by atoms with Crippen LogP contribution >= 0.6 is 0 Å². The van der Waals surface area contributed by atoms with E-state index in [0.717, 1.165) is 19.3 Å². The number of carbonyl (C=O) groups is 2. The first kappa shape index (κ1) is 19.6. The molecule has 0 bridgehead atoms. The lowest BCUT2D eigenvalue weighted by Crippen LogP contribution is -2.48. The van der Waals surface area contributed by atoms with Crippen LogP contribution in [0.3, 0.4) is 0 Å². The van der Waals surface area contributed by atoms with E-state index in [-0.39, 0.29) is 10.7 Å². The monoisotopic (exact) mass is 367 g/mol. The number of piperidine rings is 1. The maximum absolute atomic E-state index is 12.9. The minimum Gasteiger partial charge on any atom is -0.464 e. The summed E-state index contributed by atoms with van der Waals surface area (Å²) in [6.45, 7) is 4.03. The lowest BCUT2D eigenvalue weighted by Gasteiger charge is -2.33. The number of rotatable bonds is 7. The van der Waals surface area contributed by atoms with Crippen molar-refractivity contribution < 1.29 is 22.7 Å². The molecule has 0 spiro atoms. The number of Topliss-reactive ketones (excluding diaryl/α,β-unsaturated/α-hetero) is 1. The van der Waals surface area contributed by atoms with E-state index in [9.17, 15) is 18.0 Å². The van der Waals surface area contributed by atoms with Crippen molar-refractivity contribution in [3.05, 3.63) is 29.8 Å². The third-order valence-corrected chi connectivity index (χ3v) is 6.26. The quantitative estimate of drug-likeness (QED) is 0.420. The fourth-order valence-electron chi connectivity index (χ4n) is 2.84. The third kappa shape index (κ3) is 4.67. The van der Waals surface area contributed by atoms with Crippen molar-refractivity contribution in [2.75, 3.05) is 13.2 Å². The van der Waals surface area contributed by atoms with Gasteiger partial charge in [0, 0.05) is 12.1 Å². The Hall–Kier alpha value is -1.73. The Morgan fingerprint density at radius 1 is 1.20 bits per heavy atom. The number of esters is 1. The molecule has 138 valence electrons. The SMILES string of the molecule is CCCCOC(=O)C1CCCCN1S(=O)(=O)c1ccc(C(C)=O)cc1. The van der Waals surface area contributed by atoms with Crippen LogP contribution in [0.1, 0.15) is 56.3 Å². The Balaban J connectivity index is 2.22. The molecule has 1 atom stereocenters. The van der Waals surface area contributed by atoms with Gasteiger partial charge >= 0.3 is 5.97 Å². The van der Waals surface area contributed by atoms with Crippen molar-refractivity contribution in [3.8, 4) is 0 Å². The molecule has 25 heavy (non-hydrogen) atoms. The minimum atomic E-state index is -3.81. The number of ketones is 1. The van der Waals surface area contributed by atoms with E-state index in [0.29, 0.717) is 31.6 Å². The molecule has 1 saturated heterocycles. The zero-order chi connectivity index (χ0) is 18.4. The molecule has 1 aromatic carbocycles. The Morgan fingerprint density at radius 2 is 1.88 bits per heavy atom. The Kier molecular flexibility index (Phi) is 6.72. The summed E-state index contributed by atoms with van der Waals surface area (Å²) >= 11 is 0. The van der Waals surface area contributed by atoms with E-state index in [1.165, 1.54) is 35.5 Å². The summed E-state index contributed by atoms with van der Waals surface area (Å²) in [6.07, 6.45) is 3.64. The lowest BCUT2D eigenvalue weighted by molar-refractivity contribution is -0.149. The molecular weight excluding hydrogens is 342 g/mol. The predicted octanol–water partition coefficient (Wildman–Crippen LogP) is 2.78. The van der Waals surface area contributed by atoms with Gasteiger partial charge in [0.2, 0.25) is 10.0 Å². The maximum atomic E-state index is 12.9. The van der Waals surface area contributed by atoms with E-state index in [1.807, 2.05) is 6.92 Å². The summed E-state index contributed by atoms with van der Waals surface area (Å²) in [6, 6.07) is 5.05. The van der Waals surface area contributed by atoms with Gasteiger partial charge in [0.1, 0.15) is 6.04 Å². The van der Waals surface area contributed by atoms with E-state index < -0.39 is 22.0 Å². The normalized spacial score (nSPS) is 18.7. The van der Waals surface area contributed by atoms with Gasteiger partial charge in [-0.05, 0) is 44.7 Å². The fraction of sp³-hybridized carbons (Fsp3) is 0.556. The van der Waals surface area contributed by atoms with Gasteiger partial charge in [0.25, 0.3) is 0 Å². The molecule has 0 aliphatic carbocycles. The molecule has 0 radical (unpaired) electrons. The first-order valence-corrected chi connectivity index (χ1v) is 10.1. The summed E-state index contributed by atoms with van der Waals surface area (Å²) in [4.78, 5) is 23.8. The second kappa shape index (κ2) is 8.58. The highest BCUT2D eigenvalue weighted by Crippen LogP contribution is 2.26. The number of ether oxygens (including phenoxy) is 1. The van der Waals surface area contributed by atoms with Gasteiger partial charge < -0.3 is 4.74 Å². The van der Waals surface area contributed by atoms with Crippen LogP contribution in [0.2, 0.25) is 0 Å². The van der Waals surface area contributed by atoms with Crippen LogP contribution in [-0.4, -0.2) is 43.7 Å². The van der Waals surface area contributed by atoms with Crippen molar-refractivity contribution in [1.82, 2.24) is 4.31 Å². The van der Waals surface area contributed by atoms with E-state index in [2.05, 4.69) is 0 Å². The van der Waals surface area contributed by atoms with Gasteiger partial charge in [-0.25, -0.2) is 8.42 Å². The molecule has 1 aliphatic rings. The molecule has 1 aliphatic heterocycles. The molecule has 0 aromatic heterocycles. The van der Waals surface area contributed by atoms with E-state index >= 15 is 0 Å². The van der Waals surface area contributed by atoms with Gasteiger partial charge in [-0.3, -0.25) is 9.59 Å². The molecule has 2 rings (SSSR count). The first-order valence-electron chi connectivity index (χ1n) is 8.67. The number of unbranched alkanes of at least 4 members (excludes halogenated alkanes) is 1. The van der Waals surface area contributed by atoms with Gasteiger partial charge in [0.05, 0.1) is 11.5 Å². The highest BCUT2D eigenvalue weighted by atomic mass is 32.2. The van der Waals surface area contributed by atoms with Crippen LogP contribution in [0.25, 0.3) is 0 Å². The average molecular weight is 367 g/mol. The van der Waals surface area contributed by atoms with Crippen LogP contribution in [0.15, 0.2) is 29.2 Å². The second-order valence-electron chi connectivity index (χ2n) is 6.23. The van der Waals surface area contributed by atoms with Crippen LogP contribution in [-0.2, 0) is 19.6 Å². The van der Waals surface area contributed by atoms with Crippen LogP contribution in [0, 0.1) is 0 Å². The molecule has 1 heterocycles. The zero-order valence-corrected chi connectivity index (χ0v) is 15.5. The maximum Gasteiger partial charge on any atom is 0.324 e. The second-order valence-corrected chi connectivity index (χ2v) is 8.12. The molecule has 0 amide bonds. The molecule has 1 unspecified atom stereocenters. The summed E-state index contributed by atoms with van der Waals surface area (Å²) in [5, 5.41) is 0. The van der Waals surface area contributed by atoms with Crippen LogP contribution in [0.4, 0.5) is 0 Å². The predicted molar refractivity (Wildman–Crippen MR) is 93.8 cm³/mol. The summed E-state index contributed by atoms with van der Waals surface area (Å²) < 4.78 is 32.4. The summed E-state index contributed by atoms with van der Waals surface area (Å²) in [5.41, 5.74) is 0.452. The minimum absolute atomic E-state index is 0.0887. The van der Waals surface area contributed by atoms with Crippen molar-refractivity contribution in [2.45, 2.75) is 56.9 Å². The van der Waals surface area contributed by atoms with E-state index in [4.69, 9.17) is 4.74 Å². The van der Waals surface area contributed by atoms with Crippen LogP contribution in [0.5, 0.6) is 0 Å². The molecular formula is C18H25NO5S. The molecule has 7 heteroatoms. The number of benzene rings is 1. The zero-order valence-electron chi connectivity index (χ0n) is 14.7. The Labute approximate surface area is 149 Å². The summed E-state index contributed by atoms with van der Waals surface area (Å²) in [7, 11) is -3.81. The number of hydrogen-bond donors (Lipinski definition) is 0. The highest BCUT2D eigenvalue weighted by Gasteiger charge is 2.38.